The van der Waals surface area contributed by atoms with Gasteiger partial charge in [-0.3, -0.25) is 4.79 Å². The van der Waals surface area contributed by atoms with Crippen molar-refractivity contribution in [3.05, 3.63) is 0 Å². The molecule has 6 heteroatoms. The highest BCUT2D eigenvalue weighted by Gasteiger charge is 2.14. The minimum absolute atomic E-state index is 0.102. The van der Waals surface area contributed by atoms with Crippen LogP contribution in [0.25, 0.3) is 0 Å². The first-order valence-corrected chi connectivity index (χ1v) is 5.93. The third kappa shape index (κ3) is 4.76. The number of hydrogen-bond donors (Lipinski definition) is 2. The second-order valence-corrected chi connectivity index (χ2v) is 4.05. The van der Waals surface area contributed by atoms with E-state index in [4.69, 9.17) is 17.0 Å². The van der Waals surface area contributed by atoms with E-state index in [0.29, 0.717) is 19.5 Å². The van der Waals surface area contributed by atoms with Gasteiger partial charge in [0.15, 0.2) is 5.11 Å². The Bertz CT molecular complexity index is 248. The summed E-state index contributed by atoms with van der Waals surface area (Å²) in [4.78, 5) is 13.2. The number of nitrogens with one attached hydrogen (secondary N) is 2. The number of ether oxygens (including phenoxy) is 1. The van der Waals surface area contributed by atoms with Crippen LogP contribution < -0.4 is 10.6 Å². The van der Waals surface area contributed by atoms with Gasteiger partial charge >= 0.3 is 0 Å². The highest BCUT2D eigenvalue weighted by molar-refractivity contribution is 7.80. The predicted molar refractivity (Wildman–Crippen MR) is 66.3 cm³/mol. The highest BCUT2D eigenvalue weighted by atomic mass is 32.1. The monoisotopic (exact) mass is 245 g/mol. The number of hydrogen-bond acceptors (Lipinski definition) is 3. The lowest BCUT2D eigenvalue weighted by Crippen LogP contribution is -2.42. The first kappa shape index (κ1) is 13.2. The van der Waals surface area contributed by atoms with Gasteiger partial charge in [-0.1, -0.05) is 0 Å². The molecule has 16 heavy (non-hydrogen) atoms. The van der Waals surface area contributed by atoms with Gasteiger partial charge in [0.1, 0.15) is 0 Å². The first-order valence-electron chi connectivity index (χ1n) is 5.52. The molecule has 0 aromatic heterocycles. The van der Waals surface area contributed by atoms with Gasteiger partial charge in [-0.2, -0.15) is 0 Å². The predicted octanol–water partition coefficient (Wildman–Crippen LogP) is -0.281. The maximum Gasteiger partial charge on any atom is 0.221 e. The van der Waals surface area contributed by atoms with E-state index in [2.05, 4.69) is 10.6 Å². The van der Waals surface area contributed by atoms with Crippen LogP contribution in [0.15, 0.2) is 0 Å². The molecule has 0 radical (unpaired) electrons. The molecule has 0 atom stereocenters. The van der Waals surface area contributed by atoms with E-state index in [1.807, 2.05) is 4.90 Å². The lowest BCUT2D eigenvalue weighted by molar-refractivity contribution is -0.120. The van der Waals surface area contributed by atoms with Crippen LogP contribution in [0.4, 0.5) is 0 Å². The van der Waals surface area contributed by atoms with Crippen LogP contribution >= 0.6 is 12.2 Å². The van der Waals surface area contributed by atoms with Gasteiger partial charge in [0, 0.05) is 46.3 Å². The fourth-order valence-corrected chi connectivity index (χ4v) is 1.78. The maximum absolute atomic E-state index is 11.1. The zero-order chi connectivity index (χ0) is 11.8. The molecule has 1 fully saturated rings. The Kier molecular flexibility index (Phi) is 6.10. The maximum atomic E-state index is 11.1. The summed E-state index contributed by atoms with van der Waals surface area (Å²) < 4.78 is 4.95. The molecule has 1 amide bonds. The molecule has 1 aliphatic heterocycles. The molecule has 5 nitrogen and oxygen atoms in total. The molecular weight excluding hydrogens is 226 g/mol. The topological polar surface area (TPSA) is 53.6 Å². The van der Waals surface area contributed by atoms with E-state index in [9.17, 15) is 4.79 Å². The standard InChI is InChI=1S/C10H19N3O2S/c1-15-8-2-4-12-10(16)13-6-3-9(14)11-5-7-13/h2-8H2,1H3,(H,11,14)(H,12,16). The SMILES string of the molecule is COCCCNC(=S)N1CCNC(=O)CC1. The molecule has 0 bridgehead atoms. The van der Waals surface area contributed by atoms with Crippen LogP contribution in [0.1, 0.15) is 12.8 Å². The van der Waals surface area contributed by atoms with E-state index in [0.717, 1.165) is 31.2 Å². The molecule has 0 aliphatic carbocycles. The smallest absolute Gasteiger partial charge is 0.221 e. The summed E-state index contributed by atoms with van der Waals surface area (Å²) >= 11 is 5.26. The van der Waals surface area contributed by atoms with Crippen molar-refractivity contribution in [2.24, 2.45) is 0 Å². The largest absolute Gasteiger partial charge is 0.385 e. The van der Waals surface area contributed by atoms with Crippen molar-refractivity contribution in [3.63, 3.8) is 0 Å². The number of rotatable bonds is 4. The van der Waals surface area contributed by atoms with E-state index in [1.165, 1.54) is 0 Å². The first-order chi connectivity index (χ1) is 7.74. The van der Waals surface area contributed by atoms with Crippen LogP contribution in [0.3, 0.4) is 0 Å². The Labute approximate surface area is 102 Å². The lowest BCUT2D eigenvalue weighted by Gasteiger charge is -2.23. The number of thiocarbonyl (C=S) groups is 1. The van der Waals surface area contributed by atoms with Gasteiger partial charge in [0.05, 0.1) is 0 Å². The van der Waals surface area contributed by atoms with Crippen molar-refractivity contribution >= 4 is 23.2 Å². The van der Waals surface area contributed by atoms with E-state index in [-0.39, 0.29) is 5.91 Å². The number of nitrogens with zero attached hydrogens (tertiary/aromatic N) is 1. The Morgan fingerprint density at radius 3 is 3.19 bits per heavy atom. The van der Waals surface area contributed by atoms with Gasteiger partial charge in [0.25, 0.3) is 0 Å². The quantitative estimate of drug-likeness (QED) is 0.527. The Morgan fingerprint density at radius 1 is 1.62 bits per heavy atom. The molecule has 2 N–H and O–H groups in total. The van der Waals surface area contributed by atoms with Crippen molar-refractivity contribution in [2.45, 2.75) is 12.8 Å². The summed E-state index contributed by atoms with van der Waals surface area (Å²) in [6.45, 7) is 3.68. The van der Waals surface area contributed by atoms with Crippen LogP contribution in [-0.4, -0.2) is 55.8 Å². The number of carbonyl (C=O) groups is 1. The van der Waals surface area contributed by atoms with Gasteiger partial charge < -0.3 is 20.3 Å². The zero-order valence-corrected chi connectivity index (χ0v) is 10.4. The molecule has 0 spiro atoms. The molecule has 0 unspecified atom stereocenters. The average molecular weight is 245 g/mol. The fraction of sp³-hybridized carbons (Fsp3) is 0.800. The number of amides is 1. The number of carbonyl (C=O) groups excluding carboxylic acids is 1. The van der Waals surface area contributed by atoms with Crippen LogP contribution in [0.5, 0.6) is 0 Å². The van der Waals surface area contributed by atoms with Crippen molar-refractivity contribution in [1.82, 2.24) is 15.5 Å². The second kappa shape index (κ2) is 7.40. The third-order valence-corrected chi connectivity index (χ3v) is 2.80. The number of methoxy groups -OCH3 is 1. The molecule has 92 valence electrons. The van der Waals surface area contributed by atoms with E-state index >= 15 is 0 Å². The molecule has 0 aromatic carbocycles. The van der Waals surface area contributed by atoms with Crippen LogP contribution in [-0.2, 0) is 9.53 Å². The van der Waals surface area contributed by atoms with Crippen molar-refractivity contribution in [3.8, 4) is 0 Å². The summed E-state index contributed by atoms with van der Waals surface area (Å²) in [5.41, 5.74) is 0. The van der Waals surface area contributed by atoms with Gasteiger partial charge in [-0.25, -0.2) is 0 Å². The summed E-state index contributed by atoms with van der Waals surface area (Å²) in [7, 11) is 1.68. The van der Waals surface area contributed by atoms with Crippen molar-refractivity contribution in [2.75, 3.05) is 39.9 Å². The Hall–Kier alpha value is -0.880. The molecule has 1 saturated heterocycles. The minimum Gasteiger partial charge on any atom is -0.385 e. The molecule has 1 rings (SSSR count). The Balaban J connectivity index is 2.22. The van der Waals surface area contributed by atoms with Crippen molar-refractivity contribution < 1.29 is 9.53 Å². The summed E-state index contributed by atoms with van der Waals surface area (Å²) in [5.74, 6) is 0.102. The van der Waals surface area contributed by atoms with Gasteiger partial charge in [-0.15, -0.1) is 0 Å². The summed E-state index contributed by atoms with van der Waals surface area (Å²) in [6, 6.07) is 0. The van der Waals surface area contributed by atoms with Crippen LogP contribution in [0.2, 0.25) is 0 Å². The van der Waals surface area contributed by atoms with Crippen molar-refractivity contribution in [1.29, 1.82) is 0 Å². The molecular formula is C10H19N3O2S. The minimum atomic E-state index is 0.102. The average Bonchev–Trinajstić information content (AvgIpc) is 2.49. The molecule has 1 heterocycles. The molecule has 1 aliphatic rings. The fourth-order valence-electron chi connectivity index (χ4n) is 1.49. The molecule has 0 aromatic rings. The zero-order valence-electron chi connectivity index (χ0n) is 9.62. The van der Waals surface area contributed by atoms with Gasteiger partial charge in [0.2, 0.25) is 5.91 Å². The normalized spacial score (nSPS) is 16.6. The highest BCUT2D eigenvalue weighted by Crippen LogP contribution is 1.97. The Morgan fingerprint density at radius 2 is 2.44 bits per heavy atom. The summed E-state index contributed by atoms with van der Waals surface area (Å²) in [6.07, 6.45) is 1.45. The molecule has 0 saturated carbocycles. The lowest BCUT2D eigenvalue weighted by atomic mass is 10.4. The second-order valence-electron chi connectivity index (χ2n) is 3.67. The summed E-state index contributed by atoms with van der Waals surface area (Å²) in [5, 5.41) is 6.72. The van der Waals surface area contributed by atoms with E-state index in [1.54, 1.807) is 7.11 Å². The van der Waals surface area contributed by atoms with E-state index < -0.39 is 0 Å². The van der Waals surface area contributed by atoms with Gasteiger partial charge in [-0.05, 0) is 18.6 Å². The third-order valence-electron chi connectivity index (χ3n) is 2.40. The van der Waals surface area contributed by atoms with Crippen LogP contribution in [0, 0.1) is 0 Å².